The number of carbonyl (C=O) groups is 5. The van der Waals surface area contributed by atoms with Crippen molar-refractivity contribution in [2.45, 2.75) is 371 Å². The number of aliphatic carboxylic acids is 1. The van der Waals surface area contributed by atoms with Crippen molar-refractivity contribution in [2.24, 2.45) is 0 Å². The molecule has 0 aliphatic carbocycles. The SMILES string of the molecule is CC(=O)N[C@H]1[C@H](O[C@@H]([C@H](O)[C@H](CO)NC(C)=O)[C@H](O)CO)O[C@H](CO)[C@@H](O[C@@H]2O[C@H](CO[C@H]3O[C@H](CO[C@H]4O[C@H](COP(=O)(O)O)[C@@H](O)[C@H](O)[C@@H]4O[C@H]4O[C@H](CO)[C@@H](O)[C@H](O)[C@@H]4O)[C@@H](O)[C@H](O[C@H]4O[C@H](CO)[C@@H](O)[C@H](O)[C@@H]4O)[C@@H]3O)[C@@H](O)[C@H](O[C@H]3O[C@H](CO)[C@@H](O)[C@H](O)[C@@H]3O[C@@H]3O[C@H](CO)[C@@H](O[C@@H]4O[C@H](CO[C@]5(C(=O)O)C[C@H](O)[C@@H](NC(C)=O)[C@H]([C@H](O)[C@H](O)CO)O5)[C@H](O)[C@H](O)[C@H]4O)[C@H](O)[C@H]3NC(C)=O)[C@@H]2O)[C@@H]1O. The molecule has 66 nitrogen and oxygen atoms in total. The van der Waals surface area contributed by atoms with Crippen LogP contribution in [0.5, 0.6) is 0 Å². The average Bonchev–Trinajstić information content (AvgIpc) is 0.763. The highest BCUT2D eigenvalue weighted by molar-refractivity contribution is 7.46. The van der Waals surface area contributed by atoms with E-state index >= 15 is 0 Å². The number of carbonyl (C=O) groups excluding carboxylic acids is 4. The monoisotopic (exact) mass is 2130 g/mol. The van der Waals surface area contributed by atoms with Gasteiger partial charge in [0, 0.05) is 34.1 Å². The highest BCUT2D eigenvalue weighted by Gasteiger charge is 2.63. The molecule has 0 radical (unpaired) electrons. The molecule has 10 aliphatic rings. The van der Waals surface area contributed by atoms with Crippen LogP contribution in [-0.2, 0) is 128 Å². The summed E-state index contributed by atoms with van der Waals surface area (Å²) in [5.41, 5.74) is 0. The van der Waals surface area contributed by atoms with Crippen LogP contribution >= 0.6 is 7.82 Å². The predicted molar refractivity (Wildman–Crippen MR) is 439 cm³/mol. The zero-order valence-corrected chi connectivity index (χ0v) is 77.4. The van der Waals surface area contributed by atoms with Crippen molar-refractivity contribution in [3.8, 4) is 0 Å². The maximum absolute atomic E-state index is 13.3. The van der Waals surface area contributed by atoms with E-state index in [1.807, 2.05) is 0 Å². The summed E-state index contributed by atoms with van der Waals surface area (Å²) in [5.74, 6) is -9.15. The summed E-state index contributed by atoms with van der Waals surface area (Å²) in [7, 11) is -5.49. The molecule has 39 N–H and O–H groups in total. The van der Waals surface area contributed by atoms with E-state index in [1.54, 1.807) is 0 Å². The average molecular weight is 2140 g/mol. The third kappa shape index (κ3) is 28.1. The number of ether oxygens (including phenoxy) is 20. The van der Waals surface area contributed by atoms with Crippen molar-refractivity contribution in [2.75, 3.05) is 79.3 Å². The minimum atomic E-state index is -5.49. The van der Waals surface area contributed by atoms with Gasteiger partial charge in [0.2, 0.25) is 23.6 Å². The number of amides is 4. The van der Waals surface area contributed by atoms with Gasteiger partial charge in [-0.25, -0.2) is 9.36 Å². The van der Waals surface area contributed by atoms with Crippen LogP contribution in [0.1, 0.15) is 34.1 Å². The lowest BCUT2D eigenvalue weighted by atomic mass is 9.88. The van der Waals surface area contributed by atoms with Crippen LogP contribution in [0.25, 0.3) is 0 Å². The van der Waals surface area contributed by atoms with Crippen LogP contribution in [0, 0.1) is 0 Å². The summed E-state index contributed by atoms with van der Waals surface area (Å²) >= 11 is 0. The van der Waals surface area contributed by atoms with Crippen LogP contribution in [0.4, 0.5) is 0 Å². The van der Waals surface area contributed by atoms with E-state index in [2.05, 4.69) is 25.8 Å². The maximum atomic E-state index is 13.3. The molecular formula is C77H131N4O62P. The van der Waals surface area contributed by atoms with Gasteiger partial charge in [-0.3, -0.25) is 23.7 Å². The largest absolute Gasteiger partial charge is 0.477 e. The first-order chi connectivity index (χ1) is 67.7. The number of carboxylic acids is 1. The molecule has 10 heterocycles. The summed E-state index contributed by atoms with van der Waals surface area (Å²) in [5, 5.41) is 379. The molecule has 144 heavy (non-hydrogen) atoms. The van der Waals surface area contributed by atoms with E-state index in [0.717, 1.165) is 27.7 Å². The molecule has 4 amide bonds. The van der Waals surface area contributed by atoms with E-state index in [9.17, 15) is 207 Å². The Morgan fingerprint density at radius 2 is 0.694 bits per heavy atom. The molecule has 0 aromatic carbocycles. The number of aliphatic hydroxyl groups is 32. The normalized spacial score (nSPS) is 45.4. The molecule has 10 rings (SSSR count). The molecule has 0 bridgehead atoms. The molecule has 10 fully saturated rings. The first-order valence-electron chi connectivity index (χ1n) is 44.9. The third-order valence-electron chi connectivity index (χ3n) is 25.4. The van der Waals surface area contributed by atoms with Gasteiger partial charge in [0.25, 0.3) is 5.79 Å². The number of nitrogens with one attached hydrogen (secondary N) is 4. The Morgan fingerprint density at radius 1 is 0.347 bits per heavy atom. The molecule has 0 aromatic heterocycles. The van der Waals surface area contributed by atoms with Crippen molar-refractivity contribution in [3.05, 3.63) is 0 Å². The highest BCUT2D eigenvalue weighted by atomic mass is 31.2. The summed E-state index contributed by atoms with van der Waals surface area (Å²) in [6.45, 7) is -11.5. The van der Waals surface area contributed by atoms with Crippen LogP contribution in [0.2, 0.25) is 0 Å². The standard InChI is InChI=1S/C77H131N4O62P/c1-18(90)78-22(6-82)38(97)59(25(96)8-84)136-67-36(80-20(3)92)47(106)61(30(13-89)130-67)138-73-58(117)64(46(105)32(133-73)14-123-69-57(116)63(139-70-54(113)49(108)40(99)26(9-85)127-70)45(104)31(132-69)15-124-74-65(53(112)44(103)34(135-74)17-126-144(120,121)122)142-71-55(114)50(109)41(100)27(10-86)128-71)140-75-66(52(111)42(101)28(11-87)129-75)141-68-37(81-21(4)93)48(107)60(29(12-88)131-68)137-72-56(115)51(110)43(102)33(134-72)16-125-77(76(118)119)5-23(94)35(79-19(2)91)62(143-77)39(98)24(95)7-83/h22-75,82-89,94-117H,5-17H2,1-4H3,(H,78,90)(H,79,91)(H,80,92)(H,81,93)(H,118,119)(H2,120,121,122)/t22-,23-,24+,25+,26+,27+,28+,29+,30+,31+,32+,33+,34+,35+,36+,37+,38+,39+,40+,41+,42+,43-,44+,45+,46+,47+,48+,49-,50-,51-,52-,53-,54-,55-,56+,57-,58-,59+,60+,61+,62+,63-,64-,65-,66-,67-,68-,69-,70+,71+,72-,73-,74-,75+,77+/m0/s1. The van der Waals surface area contributed by atoms with E-state index in [4.69, 9.17) is 94.7 Å². The van der Waals surface area contributed by atoms with Gasteiger partial charge in [0.1, 0.15) is 256 Å². The van der Waals surface area contributed by atoms with Crippen molar-refractivity contribution >= 4 is 37.4 Å². The summed E-state index contributed by atoms with van der Waals surface area (Å²) in [6.07, 6.45) is -117. The molecular weight excluding hydrogens is 2000 g/mol. The third-order valence-corrected chi connectivity index (χ3v) is 25.9. The smallest absolute Gasteiger partial charge is 0.469 e. The van der Waals surface area contributed by atoms with Gasteiger partial charge in [0.05, 0.1) is 97.5 Å². The molecule has 0 saturated carbocycles. The van der Waals surface area contributed by atoms with Gasteiger partial charge >= 0.3 is 13.8 Å². The molecule has 0 unspecified atom stereocenters. The Morgan fingerprint density at radius 3 is 1.14 bits per heavy atom. The number of phosphoric acid groups is 1. The highest BCUT2D eigenvalue weighted by Crippen LogP contribution is 2.43. The Bertz CT molecular complexity index is 4040. The first kappa shape index (κ1) is 121. The van der Waals surface area contributed by atoms with Crippen molar-refractivity contribution in [3.63, 3.8) is 0 Å². The molecule has 67 heteroatoms. The fourth-order valence-electron chi connectivity index (χ4n) is 17.6. The van der Waals surface area contributed by atoms with Crippen LogP contribution in [0.3, 0.4) is 0 Å². The number of rotatable bonds is 44. The Labute approximate surface area is 812 Å². The fraction of sp³-hybridized carbons (Fsp3) is 0.935. The van der Waals surface area contributed by atoms with Crippen LogP contribution in [-0.4, -0.2) is 624 Å². The van der Waals surface area contributed by atoms with Gasteiger partial charge in [-0.05, 0) is 0 Å². The van der Waals surface area contributed by atoms with Crippen molar-refractivity contribution in [1.29, 1.82) is 0 Å². The van der Waals surface area contributed by atoms with Crippen molar-refractivity contribution < 1.29 is 306 Å². The van der Waals surface area contributed by atoms with Gasteiger partial charge in [0.15, 0.2) is 56.6 Å². The minimum absolute atomic E-state index is 0.823. The van der Waals surface area contributed by atoms with E-state index in [0.29, 0.717) is 0 Å². The van der Waals surface area contributed by atoms with Crippen LogP contribution < -0.4 is 21.3 Å². The molecule has 55 atom stereocenters. The number of aliphatic hydroxyl groups excluding tert-OH is 32. The quantitative estimate of drug-likeness (QED) is 0.0252. The number of hydrogen-bond donors (Lipinski definition) is 39. The first-order valence-corrected chi connectivity index (χ1v) is 46.5. The maximum Gasteiger partial charge on any atom is 0.469 e. The Balaban J connectivity index is 0.993. The van der Waals surface area contributed by atoms with E-state index in [-0.39, 0.29) is 0 Å². The predicted octanol–water partition coefficient (Wildman–Crippen LogP) is -25.4. The molecule has 10 saturated heterocycles. The summed E-state index contributed by atoms with van der Waals surface area (Å²) < 4.78 is 134. The molecule has 0 spiro atoms. The Hall–Kier alpha value is -4.62. The van der Waals surface area contributed by atoms with Gasteiger partial charge in [-0.2, -0.15) is 0 Å². The lowest BCUT2D eigenvalue weighted by Crippen LogP contribution is -2.70. The second-order valence-corrected chi connectivity index (χ2v) is 36.9. The minimum Gasteiger partial charge on any atom is -0.477 e. The van der Waals surface area contributed by atoms with E-state index < -0.39 is 460 Å². The molecule has 10 aliphatic heterocycles. The van der Waals surface area contributed by atoms with Crippen LogP contribution in [0.15, 0.2) is 0 Å². The van der Waals surface area contributed by atoms with E-state index in [1.165, 1.54) is 0 Å². The number of phosphoric ester groups is 1. The number of carboxylic acid groups (broad SMARTS) is 1. The van der Waals surface area contributed by atoms with Gasteiger partial charge in [-0.1, -0.05) is 0 Å². The number of hydrogen-bond acceptors (Lipinski definition) is 59. The topological polar surface area (TPSA) is 1050 Å². The van der Waals surface area contributed by atoms with Crippen molar-refractivity contribution in [1.82, 2.24) is 21.3 Å². The lowest BCUT2D eigenvalue weighted by Gasteiger charge is -2.51. The zero-order valence-electron chi connectivity index (χ0n) is 76.5. The fourth-order valence-corrected chi connectivity index (χ4v) is 18.0. The zero-order chi connectivity index (χ0) is 107. The van der Waals surface area contributed by atoms with Gasteiger partial charge in [-0.15, -0.1) is 0 Å². The molecule has 0 aromatic rings. The summed E-state index contributed by atoms with van der Waals surface area (Å²) in [6, 6.07) is -7.74. The second kappa shape index (κ2) is 52.8. The van der Waals surface area contributed by atoms with Gasteiger partial charge < -0.3 is 294 Å². The Kier molecular flexibility index (Phi) is 44.5. The summed E-state index contributed by atoms with van der Waals surface area (Å²) in [4.78, 5) is 83.2. The molecule has 836 valence electrons. The second-order valence-electron chi connectivity index (χ2n) is 35.7. The lowest BCUT2D eigenvalue weighted by molar-refractivity contribution is -0.398.